The Labute approximate surface area is 125 Å². The zero-order valence-corrected chi connectivity index (χ0v) is 12.8. The molecule has 0 saturated carbocycles. The highest BCUT2D eigenvalue weighted by Crippen LogP contribution is 2.17. The lowest BCUT2D eigenvalue weighted by Gasteiger charge is -2.10. The van der Waals surface area contributed by atoms with Crippen LogP contribution < -0.4 is 5.32 Å². The van der Waals surface area contributed by atoms with Crippen LogP contribution in [0.15, 0.2) is 36.4 Å². The summed E-state index contributed by atoms with van der Waals surface area (Å²) in [6, 6.07) is 12.2. The molecule has 1 amide bonds. The maximum atomic E-state index is 12.1. The highest BCUT2D eigenvalue weighted by Gasteiger charge is 2.15. The second-order valence-electron chi connectivity index (χ2n) is 4.84. The van der Waals surface area contributed by atoms with Crippen molar-refractivity contribution < 1.29 is 4.79 Å². The molecular formula is C16H20N2OS. The molecule has 0 spiro atoms. The third-order valence-electron chi connectivity index (χ3n) is 3.40. The average molecular weight is 288 g/mol. The predicted octanol–water partition coefficient (Wildman–Crippen LogP) is 2.81. The van der Waals surface area contributed by atoms with Gasteiger partial charge in [-0.3, -0.25) is 4.79 Å². The van der Waals surface area contributed by atoms with Gasteiger partial charge in [-0.25, -0.2) is 0 Å². The summed E-state index contributed by atoms with van der Waals surface area (Å²) in [7, 11) is 0. The van der Waals surface area contributed by atoms with Crippen molar-refractivity contribution in [3.63, 3.8) is 0 Å². The fourth-order valence-corrected chi connectivity index (χ4v) is 2.42. The summed E-state index contributed by atoms with van der Waals surface area (Å²) in [4.78, 5) is 12.1. The molecule has 1 aromatic carbocycles. The maximum Gasteiger partial charge on any atom is 0.253 e. The normalized spacial score (nSPS) is 10.6. The first-order chi connectivity index (χ1) is 9.63. The lowest BCUT2D eigenvalue weighted by Crippen LogP contribution is -2.25. The molecule has 1 aromatic heterocycles. The van der Waals surface area contributed by atoms with Crippen LogP contribution in [0.5, 0.6) is 0 Å². The molecule has 0 unspecified atom stereocenters. The second-order valence-corrected chi connectivity index (χ2v) is 5.28. The Balaban J connectivity index is 2.23. The van der Waals surface area contributed by atoms with E-state index < -0.39 is 0 Å². The van der Waals surface area contributed by atoms with E-state index in [0.717, 1.165) is 23.5 Å². The van der Waals surface area contributed by atoms with Crippen LogP contribution in [0, 0.1) is 13.8 Å². The van der Waals surface area contributed by atoms with Crippen LogP contribution in [-0.2, 0) is 6.54 Å². The number of nitrogens with zero attached hydrogens (tertiary/aromatic N) is 1. The largest absolute Gasteiger partial charge is 0.351 e. The zero-order valence-electron chi connectivity index (χ0n) is 11.9. The number of rotatable bonds is 5. The zero-order chi connectivity index (χ0) is 14.5. The highest BCUT2D eigenvalue weighted by molar-refractivity contribution is 7.80. The molecule has 0 bridgehead atoms. The van der Waals surface area contributed by atoms with Gasteiger partial charge >= 0.3 is 0 Å². The molecule has 0 atom stereocenters. The maximum absolute atomic E-state index is 12.1. The van der Waals surface area contributed by atoms with Crippen LogP contribution in [0.1, 0.15) is 27.3 Å². The quantitative estimate of drug-likeness (QED) is 0.815. The molecule has 2 aromatic rings. The van der Waals surface area contributed by atoms with Crippen LogP contribution in [-0.4, -0.2) is 22.8 Å². The molecule has 0 aliphatic carbocycles. The van der Waals surface area contributed by atoms with E-state index in [2.05, 4.69) is 34.6 Å². The molecule has 20 heavy (non-hydrogen) atoms. The van der Waals surface area contributed by atoms with Crippen molar-refractivity contribution in [1.29, 1.82) is 0 Å². The van der Waals surface area contributed by atoms with Gasteiger partial charge in [-0.05, 0) is 25.5 Å². The summed E-state index contributed by atoms with van der Waals surface area (Å²) in [6.07, 6.45) is 0. The van der Waals surface area contributed by atoms with Crippen molar-refractivity contribution in [1.82, 2.24) is 9.88 Å². The van der Waals surface area contributed by atoms with Gasteiger partial charge in [0, 0.05) is 30.2 Å². The number of carbonyl (C=O) groups is 1. The number of carbonyl (C=O) groups excluding carboxylic acids is 1. The molecule has 0 aliphatic rings. The minimum absolute atomic E-state index is 0.0218. The van der Waals surface area contributed by atoms with Crippen molar-refractivity contribution in [3.8, 4) is 0 Å². The number of hydrogen-bond acceptors (Lipinski definition) is 2. The number of benzene rings is 1. The standard InChI is InChI=1S/C16H20N2OS/c1-12-10-15(16(19)17-8-9-20)13(2)18(12)11-14-6-4-3-5-7-14/h3-7,10,20H,8-9,11H2,1-2H3,(H,17,19). The summed E-state index contributed by atoms with van der Waals surface area (Å²) in [5.74, 6) is 0.626. The van der Waals surface area contributed by atoms with E-state index in [0.29, 0.717) is 12.3 Å². The Kier molecular flexibility index (Phi) is 4.90. The summed E-state index contributed by atoms with van der Waals surface area (Å²) >= 11 is 4.11. The number of thiol groups is 1. The van der Waals surface area contributed by atoms with E-state index in [1.165, 1.54) is 5.56 Å². The third-order valence-corrected chi connectivity index (χ3v) is 3.62. The van der Waals surface area contributed by atoms with Gasteiger partial charge in [-0.15, -0.1) is 0 Å². The number of aromatic nitrogens is 1. The summed E-state index contributed by atoms with van der Waals surface area (Å²) in [6.45, 7) is 5.40. The average Bonchev–Trinajstić information content (AvgIpc) is 2.74. The van der Waals surface area contributed by atoms with Crippen LogP contribution in [0.25, 0.3) is 0 Å². The minimum atomic E-state index is -0.0218. The number of amides is 1. The van der Waals surface area contributed by atoms with Gasteiger partial charge in [0.2, 0.25) is 0 Å². The van der Waals surface area contributed by atoms with E-state index in [9.17, 15) is 4.79 Å². The Morgan fingerprint density at radius 1 is 1.25 bits per heavy atom. The van der Waals surface area contributed by atoms with Crippen molar-refractivity contribution in [2.45, 2.75) is 20.4 Å². The topological polar surface area (TPSA) is 34.0 Å². The highest BCUT2D eigenvalue weighted by atomic mass is 32.1. The second kappa shape index (κ2) is 6.66. The van der Waals surface area contributed by atoms with Gasteiger partial charge in [-0.1, -0.05) is 30.3 Å². The first-order valence-corrected chi connectivity index (χ1v) is 7.36. The van der Waals surface area contributed by atoms with Crippen LogP contribution in [0.4, 0.5) is 0 Å². The van der Waals surface area contributed by atoms with Crippen LogP contribution in [0.3, 0.4) is 0 Å². The molecule has 0 radical (unpaired) electrons. The fourth-order valence-electron chi connectivity index (χ4n) is 2.30. The van der Waals surface area contributed by atoms with Crippen molar-refractivity contribution in [2.24, 2.45) is 0 Å². The molecule has 3 nitrogen and oxygen atoms in total. The molecule has 0 aliphatic heterocycles. The van der Waals surface area contributed by atoms with Gasteiger partial charge in [0.1, 0.15) is 0 Å². The SMILES string of the molecule is Cc1cc(C(=O)NCCS)c(C)n1Cc1ccccc1. The lowest BCUT2D eigenvalue weighted by atomic mass is 10.2. The van der Waals surface area contributed by atoms with Gasteiger partial charge in [0.15, 0.2) is 0 Å². The third kappa shape index (κ3) is 3.25. The summed E-state index contributed by atoms with van der Waals surface area (Å²) in [5.41, 5.74) is 4.09. The Bertz CT molecular complexity index is 590. The minimum Gasteiger partial charge on any atom is -0.351 e. The molecule has 106 valence electrons. The van der Waals surface area contributed by atoms with Crippen molar-refractivity contribution in [3.05, 3.63) is 58.9 Å². The molecule has 0 fully saturated rings. The monoisotopic (exact) mass is 288 g/mol. The molecule has 4 heteroatoms. The summed E-state index contributed by atoms with van der Waals surface area (Å²) in [5, 5.41) is 2.87. The molecule has 0 saturated heterocycles. The van der Waals surface area contributed by atoms with E-state index in [1.54, 1.807) is 0 Å². The van der Waals surface area contributed by atoms with E-state index in [1.807, 2.05) is 38.1 Å². The van der Waals surface area contributed by atoms with Gasteiger partial charge in [-0.2, -0.15) is 12.6 Å². The molecule has 2 rings (SSSR count). The van der Waals surface area contributed by atoms with Crippen LogP contribution >= 0.6 is 12.6 Å². The first kappa shape index (κ1) is 14.7. The number of hydrogen-bond donors (Lipinski definition) is 2. The fraction of sp³-hybridized carbons (Fsp3) is 0.312. The molecule has 1 heterocycles. The van der Waals surface area contributed by atoms with Crippen molar-refractivity contribution in [2.75, 3.05) is 12.3 Å². The van der Waals surface area contributed by atoms with Gasteiger partial charge in [0.25, 0.3) is 5.91 Å². The molecule has 1 N–H and O–H groups in total. The predicted molar refractivity (Wildman–Crippen MR) is 85.6 cm³/mol. The van der Waals surface area contributed by atoms with E-state index in [-0.39, 0.29) is 5.91 Å². The van der Waals surface area contributed by atoms with Crippen LogP contribution in [0.2, 0.25) is 0 Å². The molecular weight excluding hydrogens is 268 g/mol. The lowest BCUT2D eigenvalue weighted by molar-refractivity contribution is 0.0955. The Hall–Kier alpha value is -1.68. The Morgan fingerprint density at radius 2 is 1.95 bits per heavy atom. The first-order valence-electron chi connectivity index (χ1n) is 6.73. The number of aryl methyl sites for hydroxylation is 1. The number of nitrogens with one attached hydrogen (secondary N) is 1. The summed E-state index contributed by atoms with van der Waals surface area (Å²) < 4.78 is 2.17. The van der Waals surface area contributed by atoms with Gasteiger partial charge in [0.05, 0.1) is 5.56 Å². The van der Waals surface area contributed by atoms with Crippen molar-refractivity contribution >= 4 is 18.5 Å². The smallest absolute Gasteiger partial charge is 0.253 e. The van der Waals surface area contributed by atoms with E-state index >= 15 is 0 Å². The van der Waals surface area contributed by atoms with Gasteiger partial charge < -0.3 is 9.88 Å². The Morgan fingerprint density at radius 3 is 2.60 bits per heavy atom. The van der Waals surface area contributed by atoms with E-state index in [4.69, 9.17) is 0 Å².